The number of aliphatic hydroxyl groups excluding tert-OH is 1. The third kappa shape index (κ3) is 3.96. The number of aliphatic hydroxyl groups is 1. The van der Waals surface area contributed by atoms with E-state index in [-0.39, 0.29) is 0 Å². The largest absolute Gasteiger partial charge is 0.386 e. The van der Waals surface area contributed by atoms with Crippen LogP contribution in [0.2, 0.25) is 0 Å². The van der Waals surface area contributed by atoms with Crippen LogP contribution in [0.15, 0.2) is 24.3 Å². The van der Waals surface area contributed by atoms with Crippen LogP contribution in [0.4, 0.5) is 0 Å². The highest BCUT2D eigenvalue weighted by Crippen LogP contribution is 2.39. The predicted octanol–water partition coefficient (Wildman–Crippen LogP) is 2.34. The van der Waals surface area contributed by atoms with E-state index in [9.17, 15) is 9.90 Å². The summed E-state index contributed by atoms with van der Waals surface area (Å²) in [5.41, 5.74) is -0.353. The number of ether oxygens (including phenoxy) is 2. The summed E-state index contributed by atoms with van der Waals surface area (Å²) in [4.78, 5) is 12.1. The van der Waals surface area contributed by atoms with Gasteiger partial charge in [0.05, 0.1) is 11.6 Å². The minimum atomic E-state index is -2.16. The summed E-state index contributed by atoms with van der Waals surface area (Å²) >= 11 is 16.9. The Morgan fingerprint density at radius 3 is 2.50 bits per heavy atom. The zero-order valence-electron chi connectivity index (χ0n) is 12.6. The van der Waals surface area contributed by atoms with Crippen molar-refractivity contribution in [3.05, 3.63) is 24.3 Å². The highest BCUT2D eigenvalue weighted by atomic mass is 35.6. The number of carbonyl (C=O) groups excluding carboxylic acids is 1. The Kier molecular flexibility index (Phi) is 6.74. The number of allylic oxidation sites excluding steroid dienone is 1. The van der Waals surface area contributed by atoms with E-state index in [2.05, 4.69) is 11.9 Å². The third-order valence-electron chi connectivity index (χ3n) is 3.81. The maximum Gasteiger partial charge on any atom is 0.272 e. The second-order valence-corrected chi connectivity index (χ2v) is 7.48. The number of hydrogen-bond donors (Lipinski definition) is 2. The molecule has 0 saturated heterocycles. The van der Waals surface area contributed by atoms with E-state index < -0.39 is 33.6 Å². The van der Waals surface area contributed by atoms with Crippen LogP contribution in [0.25, 0.3) is 0 Å². The number of nitrogens with one attached hydrogen (secondary N) is 1. The molecule has 5 nitrogen and oxygen atoms in total. The van der Waals surface area contributed by atoms with E-state index in [1.165, 1.54) is 20.3 Å². The molecule has 0 aliphatic heterocycles. The van der Waals surface area contributed by atoms with Gasteiger partial charge in [-0.05, 0) is 13.3 Å². The molecule has 0 spiro atoms. The van der Waals surface area contributed by atoms with Crippen molar-refractivity contribution in [3.8, 4) is 0 Å². The lowest BCUT2D eigenvalue weighted by Crippen LogP contribution is -2.65. The summed E-state index contributed by atoms with van der Waals surface area (Å²) in [6.45, 7) is 5.59. The molecule has 0 aromatic heterocycles. The molecule has 0 heterocycles. The van der Waals surface area contributed by atoms with Crippen LogP contribution in [0.3, 0.4) is 0 Å². The summed E-state index contributed by atoms with van der Waals surface area (Å²) in [5, 5.41) is 13.1. The Morgan fingerprint density at radius 1 is 1.55 bits per heavy atom. The van der Waals surface area contributed by atoms with Gasteiger partial charge in [0.25, 0.3) is 9.70 Å². The van der Waals surface area contributed by atoms with Gasteiger partial charge in [-0.3, -0.25) is 4.79 Å². The Bertz CT molecular complexity index is 459. The van der Waals surface area contributed by atoms with E-state index in [0.717, 1.165) is 5.57 Å². The molecule has 0 bridgehead atoms. The second kappa shape index (κ2) is 7.51. The molecule has 0 saturated carbocycles. The Hall–Kier alpha value is -0.300. The maximum absolute atomic E-state index is 12.1. The molecule has 1 rings (SSSR count). The summed E-state index contributed by atoms with van der Waals surface area (Å²) in [6.07, 6.45) is 1.80. The summed E-state index contributed by atoms with van der Waals surface area (Å²) in [7, 11) is 2.94. The van der Waals surface area contributed by atoms with Crippen LogP contribution in [0.1, 0.15) is 13.3 Å². The first-order valence-corrected chi connectivity index (χ1v) is 7.69. The zero-order valence-corrected chi connectivity index (χ0v) is 14.9. The van der Waals surface area contributed by atoms with Gasteiger partial charge in [0.2, 0.25) is 0 Å². The molecule has 0 radical (unpaired) electrons. The van der Waals surface area contributed by atoms with Crippen LogP contribution < -0.4 is 5.32 Å². The van der Waals surface area contributed by atoms with Crippen LogP contribution in [-0.2, 0) is 14.3 Å². The maximum atomic E-state index is 12.1. The Morgan fingerprint density at radius 2 is 2.09 bits per heavy atom. The molecule has 1 aliphatic carbocycles. The first kappa shape index (κ1) is 19.7. The highest BCUT2D eigenvalue weighted by molar-refractivity contribution is 6.76. The zero-order chi connectivity index (χ0) is 17.1. The monoisotopic (exact) mass is 371 g/mol. The fourth-order valence-corrected chi connectivity index (χ4v) is 2.86. The average molecular weight is 373 g/mol. The van der Waals surface area contributed by atoms with E-state index in [1.54, 1.807) is 6.08 Å². The van der Waals surface area contributed by atoms with Gasteiger partial charge in [-0.25, -0.2) is 0 Å². The number of carbonyl (C=O) groups is 1. The van der Waals surface area contributed by atoms with Gasteiger partial charge in [0, 0.05) is 20.1 Å². The SMILES string of the molecule is C=C[C@]1(NC(=O)C(Cl)(Cl)Cl)[C@H](O)C=C(C)C[C@@H]1C(OC)OC. The van der Waals surface area contributed by atoms with Gasteiger partial charge >= 0.3 is 0 Å². The average Bonchev–Trinajstić information content (AvgIpc) is 2.42. The molecule has 126 valence electrons. The van der Waals surface area contributed by atoms with Gasteiger partial charge in [0.1, 0.15) is 0 Å². The quantitative estimate of drug-likeness (QED) is 0.441. The summed E-state index contributed by atoms with van der Waals surface area (Å²) in [5.74, 6) is -1.31. The van der Waals surface area contributed by atoms with Crippen LogP contribution in [-0.4, -0.2) is 47.0 Å². The van der Waals surface area contributed by atoms with Gasteiger partial charge in [0.15, 0.2) is 6.29 Å². The molecular formula is C14H20Cl3NO4. The van der Waals surface area contributed by atoms with E-state index in [1.807, 2.05) is 6.92 Å². The molecule has 0 unspecified atom stereocenters. The van der Waals surface area contributed by atoms with Crippen molar-refractivity contribution in [2.75, 3.05) is 14.2 Å². The first-order valence-electron chi connectivity index (χ1n) is 6.56. The normalized spacial score (nSPS) is 29.2. The summed E-state index contributed by atoms with van der Waals surface area (Å²) < 4.78 is 8.44. The van der Waals surface area contributed by atoms with Crippen molar-refractivity contribution in [1.29, 1.82) is 0 Å². The molecule has 8 heteroatoms. The van der Waals surface area contributed by atoms with Gasteiger partial charge in [-0.15, -0.1) is 6.58 Å². The Labute approximate surface area is 145 Å². The van der Waals surface area contributed by atoms with E-state index >= 15 is 0 Å². The summed E-state index contributed by atoms with van der Waals surface area (Å²) in [6, 6.07) is 0. The molecule has 1 aliphatic rings. The third-order valence-corrected chi connectivity index (χ3v) is 4.32. The molecule has 1 amide bonds. The highest BCUT2D eigenvalue weighted by Gasteiger charge is 2.51. The lowest BCUT2D eigenvalue weighted by atomic mass is 9.71. The van der Waals surface area contributed by atoms with Crippen molar-refractivity contribution in [1.82, 2.24) is 5.32 Å². The van der Waals surface area contributed by atoms with E-state index in [0.29, 0.717) is 6.42 Å². The first-order chi connectivity index (χ1) is 10.1. The van der Waals surface area contributed by atoms with Crippen LogP contribution in [0.5, 0.6) is 0 Å². The fourth-order valence-electron chi connectivity index (χ4n) is 2.71. The van der Waals surface area contributed by atoms with Gasteiger partial charge < -0.3 is 19.9 Å². The minimum Gasteiger partial charge on any atom is -0.386 e. The molecule has 22 heavy (non-hydrogen) atoms. The minimum absolute atomic E-state index is 0.448. The standard InChI is InChI=1S/C14H20Cl3NO4/c1-5-13(18-12(20)14(15,16)17)9(11(21-3)22-4)6-8(2)7-10(13)19/h5,7,9-11,19H,1,6H2,2-4H3,(H,18,20)/t9-,10-,13-/m1/s1. The number of alkyl halides is 3. The molecule has 2 N–H and O–H groups in total. The van der Waals surface area contributed by atoms with Crippen molar-refractivity contribution < 1.29 is 19.4 Å². The van der Waals surface area contributed by atoms with Crippen molar-refractivity contribution in [3.63, 3.8) is 0 Å². The topological polar surface area (TPSA) is 67.8 Å². The number of halogens is 3. The molecule has 0 aromatic carbocycles. The van der Waals surface area contributed by atoms with Crippen molar-refractivity contribution in [2.24, 2.45) is 5.92 Å². The number of rotatable bonds is 5. The molecule has 0 fully saturated rings. The molecular weight excluding hydrogens is 353 g/mol. The lowest BCUT2D eigenvalue weighted by molar-refractivity contribution is -0.164. The second-order valence-electron chi connectivity index (χ2n) is 5.20. The van der Waals surface area contributed by atoms with Crippen LogP contribution in [0, 0.1) is 5.92 Å². The van der Waals surface area contributed by atoms with Crippen molar-refractivity contribution >= 4 is 40.7 Å². The van der Waals surface area contributed by atoms with Gasteiger partial charge in [-0.1, -0.05) is 52.5 Å². The van der Waals surface area contributed by atoms with E-state index in [4.69, 9.17) is 44.3 Å². The Balaban J connectivity index is 3.29. The number of hydrogen-bond acceptors (Lipinski definition) is 4. The molecule has 0 aromatic rings. The van der Waals surface area contributed by atoms with Crippen molar-refractivity contribution in [2.45, 2.75) is 35.1 Å². The van der Waals surface area contributed by atoms with Gasteiger partial charge in [-0.2, -0.15) is 0 Å². The number of methoxy groups -OCH3 is 2. The molecule has 3 atom stereocenters. The predicted molar refractivity (Wildman–Crippen MR) is 87.0 cm³/mol. The fraction of sp³-hybridized carbons (Fsp3) is 0.643. The lowest BCUT2D eigenvalue weighted by Gasteiger charge is -2.47. The number of amides is 1. The van der Waals surface area contributed by atoms with Crippen LogP contribution >= 0.6 is 34.8 Å². The smallest absolute Gasteiger partial charge is 0.272 e.